The van der Waals surface area contributed by atoms with E-state index >= 15 is 0 Å². The average molecular weight is 643 g/mol. The highest BCUT2D eigenvalue weighted by molar-refractivity contribution is 6.09. The van der Waals surface area contributed by atoms with Crippen LogP contribution in [0.1, 0.15) is 57.1 Å². The summed E-state index contributed by atoms with van der Waals surface area (Å²) in [6.45, 7) is 0.515. The minimum atomic E-state index is -0.550. The molecule has 0 radical (unpaired) electrons. The molecular formula is C40H35FN2O5. The molecule has 4 aromatic carbocycles. The molecule has 2 aliphatic rings. The van der Waals surface area contributed by atoms with Crippen LogP contribution in [0.4, 0.5) is 4.39 Å². The third-order valence-electron chi connectivity index (χ3n) is 9.02. The zero-order valence-electron chi connectivity index (χ0n) is 26.8. The zero-order valence-corrected chi connectivity index (χ0v) is 26.8. The normalized spacial score (nSPS) is 14.4. The maximum atomic E-state index is 14.4. The van der Waals surface area contributed by atoms with Crippen LogP contribution in [-0.2, 0) is 22.4 Å². The molecule has 1 aliphatic carbocycles. The number of nitrogens with zero attached hydrogens (tertiary/aromatic N) is 2. The molecule has 1 N–H and O–H groups in total. The number of carbonyl (C=O) groups is 1. The Hall–Kier alpha value is -5.63. The molecule has 242 valence electrons. The maximum Gasteiger partial charge on any atom is 0.258 e. The van der Waals surface area contributed by atoms with Crippen LogP contribution in [0, 0.1) is 5.82 Å². The number of methoxy groups -OCH3 is 2. The van der Waals surface area contributed by atoms with Crippen molar-refractivity contribution in [3.05, 3.63) is 160 Å². The largest absolute Gasteiger partial charge is 0.507 e. The fourth-order valence-corrected chi connectivity index (χ4v) is 6.56. The molecule has 8 heteroatoms. The van der Waals surface area contributed by atoms with E-state index in [1.165, 1.54) is 12.1 Å². The first-order chi connectivity index (χ1) is 23.4. The van der Waals surface area contributed by atoms with Crippen LogP contribution in [0.5, 0.6) is 11.5 Å². The Kier molecular flexibility index (Phi) is 8.55. The van der Waals surface area contributed by atoms with Gasteiger partial charge in [-0.1, -0.05) is 72.8 Å². The first-order valence-electron chi connectivity index (χ1n) is 15.9. The van der Waals surface area contributed by atoms with Crippen LogP contribution in [0.15, 0.2) is 120 Å². The molecule has 7 nitrogen and oxygen atoms in total. The van der Waals surface area contributed by atoms with Gasteiger partial charge in [-0.3, -0.25) is 9.78 Å². The fraction of sp³-hybridized carbons (Fsp3) is 0.200. The van der Waals surface area contributed by atoms with Gasteiger partial charge in [-0.15, -0.1) is 0 Å². The topological polar surface area (TPSA) is 81.1 Å². The van der Waals surface area contributed by atoms with Crippen molar-refractivity contribution in [3.8, 4) is 11.5 Å². The second-order valence-electron chi connectivity index (χ2n) is 12.0. The van der Waals surface area contributed by atoms with Crippen molar-refractivity contribution in [3.63, 3.8) is 0 Å². The van der Waals surface area contributed by atoms with Crippen molar-refractivity contribution in [2.45, 2.75) is 31.9 Å². The van der Waals surface area contributed by atoms with E-state index in [2.05, 4.69) is 0 Å². The summed E-state index contributed by atoms with van der Waals surface area (Å²) in [5.41, 5.74) is 5.71. The summed E-state index contributed by atoms with van der Waals surface area (Å²) >= 11 is 0. The second kappa shape index (κ2) is 13.2. The summed E-state index contributed by atoms with van der Waals surface area (Å²) in [7, 11) is 3.24. The van der Waals surface area contributed by atoms with Crippen molar-refractivity contribution in [2.75, 3.05) is 20.8 Å². The number of ether oxygens (including phenoxy) is 3. The van der Waals surface area contributed by atoms with Crippen LogP contribution >= 0.6 is 0 Å². The van der Waals surface area contributed by atoms with Crippen molar-refractivity contribution in [1.29, 1.82) is 0 Å². The third-order valence-corrected chi connectivity index (χ3v) is 9.02. The monoisotopic (exact) mass is 642 g/mol. The first kappa shape index (κ1) is 31.0. The summed E-state index contributed by atoms with van der Waals surface area (Å²) in [6.07, 6.45) is 4.91. The number of fused-ring (bicyclic) bond motifs is 2. The smallest absolute Gasteiger partial charge is 0.258 e. The highest BCUT2D eigenvalue weighted by Gasteiger charge is 2.38. The van der Waals surface area contributed by atoms with E-state index in [0.29, 0.717) is 59.3 Å². The van der Waals surface area contributed by atoms with E-state index in [9.17, 15) is 14.3 Å². The molecule has 1 aromatic heterocycles. The van der Waals surface area contributed by atoms with E-state index in [1.807, 2.05) is 72.8 Å². The number of phenols is 1. The van der Waals surface area contributed by atoms with E-state index in [0.717, 1.165) is 33.6 Å². The number of pyridine rings is 1. The summed E-state index contributed by atoms with van der Waals surface area (Å²) in [6, 6.07) is 27.9. The van der Waals surface area contributed by atoms with Gasteiger partial charge in [0.1, 0.15) is 28.9 Å². The highest BCUT2D eigenvalue weighted by Crippen LogP contribution is 2.46. The second-order valence-corrected chi connectivity index (χ2v) is 12.0. The number of amides is 1. The Morgan fingerprint density at radius 2 is 1.58 bits per heavy atom. The minimum absolute atomic E-state index is 0.00113. The quantitative estimate of drug-likeness (QED) is 0.166. The molecule has 0 spiro atoms. The predicted octanol–water partition coefficient (Wildman–Crippen LogP) is 8.02. The van der Waals surface area contributed by atoms with Gasteiger partial charge in [0.05, 0.1) is 32.1 Å². The van der Waals surface area contributed by atoms with Crippen molar-refractivity contribution < 1.29 is 28.5 Å². The number of allylic oxidation sites excluding steroid dienone is 2. The van der Waals surface area contributed by atoms with Crippen LogP contribution in [0.25, 0.3) is 10.9 Å². The van der Waals surface area contributed by atoms with Crippen molar-refractivity contribution in [2.24, 2.45) is 0 Å². The predicted molar refractivity (Wildman–Crippen MR) is 181 cm³/mol. The summed E-state index contributed by atoms with van der Waals surface area (Å²) < 4.78 is 31.6. The summed E-state index contributed by atoms with van der Waals surface area (Å²) in [4.78, 5) is 20.9. The van der Waals surface area contributed by atoms with Gasteiger partial charge < -0.3 is 24.2 Å². The van der Waals surface area contributed by atoms with Gasteiger partial charge in [0.15, 0.2) is 5.75 Å². The lowest BCUT2D eigenvalue weighted by molar-refractivity contribution is 0.0784. The fourth-order valence-electron chi connectivity index (χ4n) is 6.56. The average Bonchev–Trinajstić information content (AvgIpc) is 3.45. The maximum absolute atomic E-state index is 14.4. The Morgan fingerprint density at radius 1 is 0.896 bits per heavy atom. The van der Waals surface area contributed by atoms with Gasteiger partial charge in [0.25, 0.3) is 5.91 Å². The van der Waals surface area contributed by atoms with Crippen molar-refractivity contribution >= 4 is 16.8 Å². The lowest BCUT2D eigenvalue weighted by Gasteiger charge is -2.24. The van der Waals surface area contributed by atoms with E-state index < -0.39 is 6.10 Å². The van der Waals surface area contributed by atoms with E-state index in [1.54, 1.807) is 37.4 Å². The Balaban J connectivity index is 1.35. The standard InChI is InChI=1S/C40H35FN2O5/c1-46-31-18-15-29(34(21-31)47-2)23-43-24-33-35(40(43)45)39(48-38(27-9-5-3-6-10-27)28-11-7-4-8-12-28)36-32(37(33)44)20-26(22-42-36)19-25-13-16-30(41)17-14-25/h3-14,16-17,20-22,38,44H,15,18-19,23-24H2,1-2H3. The minimum Gasteiger partial charge on any atom is -0.507 e. The number of phenolic OH excluding ortho intramolecular Hbond substituents is 1. The molecular weight excluding hydrogens is 607 g/mol. The summed E-state index contributed by atoms with van der Waals surface area (Å²) in [5.74, 6) is 1.26. The van der Waals surface area contributed by atoms with Crippen LogP contribution in [-0.4, -0.2) is 41.7 Å². The Bertz CT molecular complexity index is 2000. The Labute approximate surface area is 278 Å². The number of hydrogen-bond acceptors (Lipinski definition) is 6. The lowest BCUT2D eigenvalue weighted by Crippen LogP contribution is -2.28. The molecule has 0 saturated carbocycles. The molecule has 2 heterocycles. The number of rotatable bonds is 10. The van der Waals surface area contributed by atoms with Crippen LogP contribution in [0.2, 0.25) is 0 Å². The van der Waals surface area contributed by atoms with Gasteiger partial charge in [0, 0.05) is 36.2 Å². The SMILES string of the molecule is COC1=CC(OC)=C(CN2Cc3c(c(OC(c4ccccc4)c4ccccc4)c4ncc(Cc5ccc(F)cc5)cc4c3O)C2=O)CC1. The molecule has 0 fully saturated rings. The van der Waals surface area contributed by atoms with E-state index in [-0.39, 0.29) is 24.0 Å². The zero-order chi connectivity index (χ0) is 33.2. The van der Waals surface area contributed by atoms with Gasteiger partial charge >= 0.3 is 0 Å². The van der Waals surface area contributed by atoms with Crippen LogP contribution in [0.3, 0.4) is 0 Å². The Morgan fingerprint density at radius 3 is 2.23 bits per heavy atom. The van der Waals surface area contributed by atoms with Gasteiger partial charge in [0.2, 0.25) is 0 Å². The molecule has 0 saturated heterocycles. The summed E-state index contributed by atoms with van der Waals surface area (Å²) in [5, 5.41) is 12.3. The molecule has 48 heavy (non-hydrogen) atoms. The van der Waals surface area contributed by atoms with Gasteiger partial charge in [-0.25, -0.2) is 4.39 Å². The number of carbonyl (C=O) groups excluding carboxylic acids is 1. The lowest BCUT2D eigenvalue weighted by atomic mass is 9.98. The van der Waals surface area contributed by atoms with Crippen molar-refractivity contribution in [1.82, 2.24) is 9.88 Å². The highest BCUT2D eigenvalue weighted by atomic mass is 19.1. The molecule has 0 atom stereocenters. The van der Waals surface area contributed by atoms with Crippen LogP contribution < -0.4 is 4.74 Å². The number of benzene rings is 4. The molecule has 1 aliphatic heterocycles. The number of halogens is 1. The van der Waals surface area contributed by atoms with E-state index in [4.69, 9.17) is 19.2 Å². The third kappa shape index (κ3) is 5.97. The number of hydrogen-bond donors (Lipinski definition) is 1. The molecule has 0 unspecified atom stereocenters. The number of aromatic nitrogens is 1. The number of aromatic hydroxyl groups is 1. The molecule has 7 rings (SSSR count). The molecule has 1 amide bonds. The van der Waals surface area contributed by atoms with Gasteiger partial charge in [-0.05, 0) is 58.9 Å². The van der Waals surface area contributed by atoms with Gasteiger partial charge in [-0.2, -0.15) is 0 Å². The molecule has 5 aromatic rings. The molecule has 0 bridgehead atoms. The first-order valence-corrected chi connectivity index (χ1v) is 15.9.